The number of anilines is 1. The van der Waals surface area contributed by atoms with Gasteiger partial charge in [-0.25, -0.2) is 4.98 Å². The van der Waals surface area contributed by atoms with Gasteiger partial charge in [0.1, 0.15) is 0 Å². The summed E-state index contributed by atoms with van der Waals surface area (Å²) in [5.41, 5.74) is 0. The summed E-state index contributed by atoms with van der Waals surface area (Å²) < 4.78 is 0. The van der Waals surface area contributed by atoms with Crippen molar-refractivity contribution in [2.24, 2.45) is 0 Å². The van der Waals surface area contributed by atoms with E-state index in [-0.39, 0.29) is 0 Å². The molecule has 3 nitrogen and oxygen atoms in total. The topological polar surface area (TPSA) is 28.2 Å². The largest absolute Gasteiger partial charge is 0.354 e. The van der Waals surface area contributed by atoms with Gasteiger partial charge < -0.3 is 10.2 Å². The van der Waals surface area contributed by atoms with Crippen LogP contribution in [0.15, 0.2) is 23.7 Å². The molecule has 0 radical (unpaired) electrons. The van der Waals surface area contributed by atoms with E-state index in [0.717, 1.165) is 18.1 Å². The Morgan fingerprint density at radius 3 is 2.83 bits per heavy atom. The Morgan fingerprint density at radius 2 is 2.28 bits per heavy atom. The van der Waals surface area contributed by atoms with Gasteiger partial charge in [0, 0.05) is 42.6 Å². The molecule has 98 valence electrons. The van der Waals surface area contributed by atoms with E-state index in [4.69, 9.17) is 0 Å². The molecule has 2 rings (SSSR count). The third kappa shape index (κ3) is 3.31. The van der Waals surface area contributed by atoms with Crippen molar-refractivity contribution in [3.05, 3.63) is 33.5 Å². The van der Waals surface area contributed by atoms with E-state index in [2.05, 4.69) is 34.7 Å². The first-order chi connectivity index (χ1) is 8.70. The van der Waals surface area contributed by atoms with Crippen molar-refractivity contribution in [1.29, 1.82) is 0 Å². The molecule has 0 spiro atoms. The van der Waals surface area contributed by atoms with E-state index >= 15 is 0 Å². The van der Waals surface area contributed by atoms with Gasteiger partial charge in [0.25, 0.3) is 0 Å². The summed E-state index contributed by atoms with van der Waals surface area (Å²) in [6.45, 7) is 3.11. The van der Waals surface area contributed by atoms with Gasteiger partial charge in [-0.3, -0.25) is 0 Å². The van der Waals surface area contributed by atoms with Gasteiger partial charge >= 0.3 is 0 Å². The summed E-state index contributed by atoms with van der Waals surface area (Å²) in [4.78, 5) is 9.13. The summed E-state index contributed by atoms with van der Waals surface area (Å²) >= 11 is 3.56. The summed E-state index contributed by atoms with van der Waals surface area (Å²) in [5, 5.41) is 6.80. The highest BCUT2D eigenvalue weighted by Gasteiger charge is 2.10. The zero-order valence-electron chi connectivity index (χ0n) is 11.0. The molecule has 2 aromatic rings. The fraction of sp³-hybridized carbons (Fsp3) is 0.462. The third-order valence-corrected chi connectivity index (χ3v) is 4.89. The van der Waals surface area contributed by atoms with Crippen molar-refractivity contribution in [3.8, 4) is 0 Å². The van der Waals surface area contributed by atoms with Crippen LogP contribution >= 0.6 is 22.7 Å². The minimum absolute atomic E-state index is 0.454. The second-order valence-corrected chi connectivity index (χ2v) is 6.43. The van der Waals surface area contributed by atoms with Gasteiger partial charge in [0.15, 0.2) is 5.13 Å². The first-order valence-corrected chi connectivity index (χ1v) is 7.79. The number of nitrogens with zero attached hydrogens (tertiary/aromatic N) is 2. The molecule has 0 aliphatic heterocycles. The van der Waals surface area contributed by atoms with Crippen LogP contribution < -0.4 is 10.2 Å². The molecule has 0 amide bonds. The summed E-state index contributed by atoms with van der Waals surface area (Å²) in [7, 11) is 4.05. The molecule has 1 unspecified atom stereocenters. The molecule has 0 saturated carbocycles. The Balaban J connectivity index is 1.93. The van der Waals surface area contributed by atoms with Gasteiger partial charge in [-0.05, 0) is 17.9 Å². The molecule has 0 aromatic carbocycles. The Labute approximate surface area is 116 Å². The average molecular weight is 281 g/mol. The lowest BCUT2D eigenvalue weighted by Gasteiger charge is -2.14. The third-order valence-electron chi connectivity index (χ3n) is 2.74. The monoisotopic (exact) mass is 281 g/mol. The van der Waals surface area contributed by atoms with E-state index in [1.807, 2.05) is 36.5 Å². The normalized spacial score (nSPS) is 12.6. The highest BCUT2D eigenvalue weighted by atomic mass is 32.1. The molecule has 18 heavy (non-hydrogen) atoms. The van der Waals surface area contributed by atoms with Crippen LogP contribution in [0.2, 0.25) is 0 Å². The minimum atomic E-state index is 0.454. The van der Waals surface area contributed by atoms with Crippen LogP contribution in [0.25, 0.3) is 0 Å². The van der Waals surface area contributed by atoms with Crippen LogP contribution in [0.5, 0.6) is 0 Å². The van der Waals surface area contributed by atoms with Gasteiger partial charge in [-0.2, -0.15) is 0 Å². The van der Waals surface area contributed by atoms with Crippen LogP contribution in [0.4, 0.5) is 5.13 Å². The lowest BCUT2D eigenvalue weighted by molar-refractivity contribution is 0.529. The van der Waals surface area contributed by atoms with Crippen LogP contribution in [0, 0.1) is 0 Å². The zero-order chi connectivity index (χ0) is 13.0. The maximum Gasteiger partial charge on any atom is 0.185 e. The van der Waals surface area contributed by atoms with Gasteiger partial charge in [-0.15, -0.1) is 22.7 Å². The van der Waals surface area contributed by atoms with E-state index in [1.54, 1.807) is 11.3 Å². The van der Waals surface area contributed by atoms with E-state index in [0.29, 0.717) is 6.04 Å². The van der Waals surface area contributed by atoms with E-state index in [1.165, 1.54) is 9.75 Å². The first kappa shape index (κ1) is 13.5. The van der Waals surface area contributed by atoms with Gasteiger partial charge in [0.05, 0.1) is 0 Å². The molecule has 2 heterocycles. The molecule has 0 saturated heterocycles. The molecule has 0 fully saturated rings. The SMILES string of the molecule is CCC(NCc1cnc(N(C)C)s1)c1cccs1. The molecular weight excluding hydrogens is 262 g/mol. The maximum atomic E-state index is 4.39. The van der Waals surface area contributed by atoms with Crippen LogP contribution in [0.1, 0.15) is 29.1 Å². The van der Waals surface area contributed by atoms with Crippen molar-refractivity contribution >= 4 is 27.8 Å². The quantitative estimate of drug-likeness (QED) is 0.878. The Morgan fingerprint density at radius 1 is 1.44 bits per heavy atom. The van der Waals surface area contributed by atoms with Gasteiger partial charge in [-0.1, -0.05) is 13.0 Å². The number of hydrogen-bond donors (Lipinski definition) is 1. The second-order valence-electron chi connectivity index (χ2n) is 4.36. The number of hydrogen-bond acceptors (Lipinski definition) is 5. The van der Waals surface area contributed by atoms with Crippen LogP contribution in [0.3, 0.4) is 0 Å². The molecule has 0 bridgehead atoms. The van der Waals surface area contributed by atoms with Crippen molar-refractivity contribution < 1.29 is 0 Å². The summed E-state index contributed by atoms with van der Waals surface area (Å²) in [6.07, 6.45) is 3.08. The first-order valence-electron chi connectivity index (χ1n) is 6.09. The average Bonchev–Trinajstić information content (AvgIpc) is 3.00. The Kier molecular flexibility index (Phi) is 4.74. The molecule has 1 N–H and O–H groups in total. The van der Waals surface area contributed by atoms with E-state index < -0.39 is 0 Å². The second kappa shape index (κ2) is 6.31. The fourth-order valence-corrected chi connectivity index (χ4v) is 3.41. The molecule has 0 aliphatic rings. The van der Waals surface area contributed by atoms with Crippen molar-refractivity contribution in [1.82, 2.24) is 10.3 Å². The number of aromatic nitrogens is 1. The van der Waals surface area contributed by atoms with Crippen molar-refractivity contribution in [3.63, 3.8) is 0 Å². The fourth-order valence-electron chi connectivity index (χ4n) is 1.75. The van der Waals surface area contributed by atoms with Gasteiger partial charge in [0.2, 0.25) is 0 Å². The Hall–Kier alpha value is -0.910. The van der Waals surface area contributed by atoms with Crippen molar-refractivity contribution in [2.75, 3.05) is 19.0 Å². The minimum Gasteiger partial charge on any atom is -0.354 e. The number of rotatable bonds is 6. The highest BCUT2D eigenvalue weighted by Crippen LogP contribution is 2.24. The highest BCUT2D eigenvalue weighted by molar-refractivity contribution is 7.15. The molecule has 0 aliphatic carbocycles. The van der Waals surface area contributed by atoms with Crippen molar-refractivity contribution in [2.45, 2.75) is 25.9 Å². The molecule has 2 aromatic heterocycles. The standard InChI is InChI=1S/C13H19N3S2/c1-4-11(12-6-5-7-17-12)14-8-10-9-15-13(18-10)16(2)3/h5-7,9,11,14H,4,8H2,1-3H3. The van der Waals surface area contributed by atoms with Crippen LogP contribution in [-0.4, -0.2) is 19.1 Å². The lowest BCUT2D eigenvalue weighted by atomic mass is 10.2. The predicted molar refractivity (Wildman–Crippen MR) is 80.6 cm³/mol. The lowest BCUT2D eigenvalue weighted by Crippen LogP contribution is -2.18. The number of thiophene rings is 1. The summed E-state index contributed by atoms with van der Waals surface area (Å²) in [6, 6.07) is 4.76. The number of nitrogens with one attached hydrogen (secondary N) is 1. The maximum absolute atomic E-state index is 4.39. The van der Waals surface area contributed by atoms with E-state index in [9.17, 15) is 0 Å². The zero-order valence-corrected chi connectivity index (χ0v) is 12.6. The molecular formula is C13H19N3S2. The Bertz CT molecular complexity index is 462. The molecule has 5 heteroatoms. The number of thiazole rings is 1. The molecule has 1 atom stereocenters. The summed E-state index contributed by atoms with van der Waals surface area (Å²) in [5.74, 6) is 0. The smallest absolute Gasteiger partial charge is 0.185 e. The predicted octanol–water partition coefficient (Wildman–Crippen LogP) is 3.51. The van der Waals surface area contributed by atoms with Crippen LogP contribution in [-0.2, 0) is 6.54 Å².